The molecule has 0 aromatic carbocycles. The first kappa shape index (κ1) is 13.9. The molecule has 0 spiro atoms. The van der Waals surface area contributed by atoms with Gasteiger partial charge in [-0.2, -0.15) is 0 Å². The second-order valence-corrected chi connectivity index (χ2v) is 6.34. The lowest BCUT2D eigenvalue weighted by Crippen LogP contribution is -2.61. The molecule has 0 saturated carbocycles. The molecule has 3 saturated heterocycles. The summed E-state index contributed by atoms with van der Waals surface area (Å²) in [4.78, 5) is 28.3. The molecule has 5 nitrogen and oxygen atoms in total. The lowest BCUT2D eigenvalue weighted by atomic mass is 9.93. The Bertz CT molecular complexity index is 379. The van der Waals surface area contributed by atoms with E-state index >= 15 is 0 Å². The molecule has 3 fully saturated rings. The van der Waals surface area contributed by atoms with E-state index in [-0.39, 0.29) is 17.9 Å². The van der Waals surface area contributed by atoms with Gasteiger partial charge in [0.15, 0.2) is 0 Å². The van der Waals surface area contributed by atoms with Gasteiger partial charge in [0, 0.05) is 13.1 Å². The number of carbonyl (C=O) groups is 2. The predicted octanol–water partition coefficient (Wildman–Crippen LogP) is 0.599. The van der Waals surface area contributed by atoms with Gasteiger partial charge in [-0.25, -0.2) is 0 Å². The van der Waals surface area contributed by atoms with Crippen LogP contribution in [-0.2, 0) is 9.59 Å². The van der Waals surface area contributed by atoms with Crippen LogP contribution in [-0.4, -0.2) is 60.4 Å². The van der Waals surface area contributed by atoms with Crippen LogP contribution in [0.15, 0.2) is 0 Å². The van der Waals surface area contributed by atoms with E-state index in [4.69, 9.17) is 0 Å². The minimum Gasteiger partial charge on any atom is -0.332 e. The Labute approximate surface area is 120 Å². The van der Waals surface area contributed by atoms with Crippen molar-refractivity contribution in [2.75, 3.05) is 32.7 Å². The van der Waals surface area contributed by atoms with Crippen molar-refractivity contribution in [3.05, 3.63) is 0 Å². The Morgan fingerprint density at radius 2 is 1.90 bits per heavy atom. The second-order valence-electron chi connectivity index (χ2n) is 6.34. The summed E-state index contributed by atoms with van der Waals surface area (Å²) in [5.74, 6) is 1.06. The summed E-state index contributed by atoms with van der Waals surface area (Å²) < 4.78 is 0. The zero-order valence-electron chi connectivity index (χ0n) is 12.1. The fraction of sp³-hybridized carbons (Fsp3) is 0.867. The highest BCUT2D eigenvalue weighted by Crippen LogP contribution is 2.24. The standard InChI is InChI=1S/C15H25N3O2/c19-14-11-17(10-6-12-4-7-16-8-5-12)15(20)13-3-1-2-9-18(13)14/h12-13,16H,1-11H2. The molecule has 0 aromatic heterocycles. The topological polar surface area (TPSA) is 52.7 Å². The number of amides is 2. The summed E-state index contributed by atoms with van der Waals surface area (Å²) in [6.07, 6.45) is 6.42. The van der Waals surface area contributed by atoms with E-state index in [1.54, 1.807) is 0 Å². The fourth-order valence-corrected chi connectivity index (χ4v) is 3.73. The largest absolute Gasteiger partial charge is 0.332 e. The molecule has 2 amide bonds. The van der Waals surface area contributed by atoms with E-state index < -0.39 is 0 Å². The summed E-state index contributed by atoms with van der Waals surface area (Å²) in [6.45, 7) is 4.03. The van der Waals surface area contributed by atoms with Crippen molar-refractivity contribution in [3.8, 4) is 0 Å². The van der Waals surface area contributed by atoms with Crippen LogP contribution >= 0.6 is 0 Å². The number of hydrogen-bond acceptors (Lipinski definition) is 3. The summed E-state index contributed by atoms with van der Waals surface area (Å²) in [6, 6.07) is -0.155. The van der Waals surface area contributed by atoms with Gasteiger partial charge in [-0.1, -0.05) is 0 Å². The maximum absolute atomic E-state index is 12.5. The molecule has 0 aliphatic carbocycles. The Morgan fingerprint density at radius 3 is 2.70 bits per heavy atom. The van der Waals surface area contributed by atoms with E-state index in [0.717, 1.165) is 51.9 Å². The molecule has 5 heteroatoms. The van der Waals surface area contributed by atoms with Gasteiger partial charge in [-0.05, 0) is 57.5 Å². The van der Waals surface area contributed by atoms with Crippen LogP contribution in [0.2, 0.25) is 0 Å². The molecule has 1 atom stereocenters. The molecule has 0 bridgehead atoms. The molecule has 3 aliphatic heterocycles. The SMILES string of the molecule is O=C1C2CCCCN2C(=O)CN1CCC1CCNCC1. The molecule has 3 heterocycles. The highest BCUT2D eigenvalue weighted by Gasteiger charge is 2.40. The van der Waals surface area contributed by atoms with Crippen LogP contribution in [0.4, 0.5) is 0 Å². The van der Waals surface area contributed by atoms with E-state index in [1.165, 1.54) is 12.8 Å². The van der Waals surface area contributed by atoms with Crippen molar-refractivity contribution in [1.82, 2.24) is 15.1 Å². The monoisotopic (exact) mass is 279 g/mol. The zero-order chi connectivity index (χ0) is 13.9. The third-order valence-electron chi connectivity index (χ3n) is 5.01. The van der Waals surface area contributed by atoms with Crippen LogP contribution < -0.4 is 5.32 Å². The zero-order valence-corrected chi connectivity index (χ0v) is 12.1. The summed E-state index contributed by atoms with van der Waals surface area (Å²) >= 11 is 0. The average molecular weight is 279 g/mol. The molecule has 0 radical (unpaired) electrons. The second kappa shape index (κ2) is 6.12. The third kappa shape index (κ3) is 2.82. The molecule has 1 N–H and O–H groups in total. The van der Waals surface area contributed by atoms with E-state index in [1.807, 2.05) is 9.80 Å². The minimum atomic E-state index is -0.155. The highest BCUT2D eigenvalue weighted by atomic mass is 16.2. The van der Waals surface area contributed by atoms with Gasteiger partial charge in [-0.15, -0.1) is 0 Å². The summed E-state index contributed by atoms with van der Waals surface area (Å²) in [5, 5.41) is 3.36. The normalized spacial score (nSPS) is 28.7. The maximum atomic E-state index is 12.5. The number of hydrogen-bond donors (Lipinski definition) is 1. The van der Waals surface area contributed by atoms with E-state index in [0.29, 0.717) is 12.5 Å². The van der Waals surface area contributed by atoms with Gasteiger partial charge < -0.3 is 15.1 Å². The Morgan fingerprint density at radius 1 is 1.10 bits per heavy atom. The maximum Gasteiger partial charge on any atom is 0.245 e. The van der Waals surface area contributed by atoms with Crippen molar-refractivity contribution in [2.24, 2.45) is 5.92 Å². The van der Waals surface area contributed by atoms with Crippen molar-refractivity contribution in [2.45, 2.75) is 44.6 Å². The van der Waals surface area contributed by atoms with Crippen molar-refractivity contribution >= 4 is 11.8 Å². The molecule has 3 rings (SSSR count). The van der Waals surface area contributed by atoms with Gasteiger partial charge in [0.1, 0.15) is 6.04 Å². The highest BCUT2D eigenvalue weighted by molar-refractivity contribution is 5.95. The van der Waals surface area contributed by atoms with Crippen molar-refractivity contribution in [3.63, 3.8) is 0 Å². The van der Waals surface area contributed by atoms with Gasteiger partial charge >= 0.3 is 0 Å². The molecule has 3 aliphatic rings. The molecule has 112 valence electrons. The van der Waals surface area contributed by atoms with Gasteiger partial charge in [-0.3, -0.25) is 9.59 Å². The van der Waals surface area contributed by atoms with Crippen LogP contribution in [0.3, 0.4) is 0 Å². The van der Waals surface area contributed by atoms with Crippen LogP contribution in [0, 0.1) is 5.92 Å². The summed E-state index contributed by atoms with van der Waals surface area (Å²) in [5.41, 5.74) is 0. The third-order valence-corrected chi connectivity index (χ3v) is 5.01. The number of piperazine rings is 1. The van der Waals surface area contributed by atoms with Crippen LogP contribution in [0.5, 0.6) is 0 Å². The molecular formula is C15H25N3O2. The van der Waals surface area contributed by atoms with E-state index in [9.17, 15) is 9.59 Å². The lowest BCUT2D eigenvalue weighted by molar-refractivity contribution is -0.157. The first-order valence-corrected chi connectivity index (χ1v) is 8.04. The van der Waals surface area contributed by atoms with Crippen LogP contribution in [0.25, 0.3) is 0 Å². The molecular weight excluding hydrogens is 254 g/mol. The van der Waals surface area contributed by atoms with Gasteiger partial charge in [0.25, 0.3) is 0 Å². The minimum absolute atomic E-state index is 0.152. The lowest BCUT2D eigenvalue weighted by Gasteiger charge is -2.43. The van der Waals surface area contributed by atoms with Crippen LogP contribution in [0.1, 0.15) is 38.5 Å². The Hall–Kier alpha value is -1.10. The summed E-state index contributed by atoms with van der Waals surface area (Å²) in [7, 11) is 0. The molecule has 0 aromatic rings. The molecule has 1 unspecified atom stereocenters. The first-order chi connectivity index (χ1) is 9.75. The fourth-order valence-electron chi connectivity index (χ4n) is 3.73. The molecule has 20 heavy (non-hydrogen) atoms. The number of fused-ring (bicyclic) bond motifs is 1. The van der Waals surface area contributed by atoms with Gasteiger partial charge in [0.2, 0.25) is 11.8 Å². The average Bonchev–Trinajstić information content (AvgIpc) is 2.50. The Balaban J connectivity index is 1.56. The first-order valence-electron chi connectivity index (χ1n) is 8.04. The smallest absolute Gasteiger partial charge is 0.245 e. The Kier molecular flexibility index (Phi) is 4.24. The van der Waals surface area contributed by atoms with Crippen molar-refractivity contribution in [1.29, 1.82) is 0 Å². The number of carbonyl (C=O) groups excluding carboxylic acids is 2. The number of nitrogens with zero attached hydrogens (tertiary/aromatic N) is 2. The number of piperidine rings is 2. The number of nitrogens with one attached hydrogen (secondary N) is 1. The quantitative estimate of drug-likeness (QED) is 0.823. The van der Waals surface area contributed by atoms with E-state index in [2.05, 4.69) is 5.32 Å². The predicted molar refractivity (Wildman–Crippen MR) is 76.1 cm³/mol. The van der Waals surface area contributed by atoms with Crippen molar-refractivity contribution < 1.29 is 9.59 Å². The number of rotatable bonds is 3. The van der Waals surface area contributed by atoms with Gasteiger partial charge in [0.05, 0.1) is 6.54 Å².